The van der Waals surface area contributed by atoms with Gasteiger partial charge >= 0.3 is 0 Å². The van der Waals surface area contributed by atoms with Crippen LogP contribution >= 0.6 is 46.6 Å². The molecule has 0 spiro atoms. The van der Waals surface area contributed by atoms with E-state index in [9.17, 15) is 0 Å². The number of ether oxygens (including phenoxy) is 2. The Labute approximate surface area is 158 Å². The predicted molar refractivity (Wildman–Crippen MR) is 102 cm³/mol. The second-order valence-corrected chi connectivity index (χ2v) is 7.48. The molecular weight excluding hydrogens is 438 g/mol. The van der Waals surface area contributed by atoms with Crippen LogP contribution in [0.3, 0.4) is 0 Å². The first-order chi connectivity index (χ1) is 9.75. The van der Waals surface area contributed by atoms with Crippen molar-refractivity contribution >= 4 is 46.6 Å². The van der Waals surface area contributed by atoms with E-state index in [1.807, 2.05) is 6.07 Å². The molecule has 22 heavy (non-hydrogen) atoms. The molecule has 1 aromatic rings. The van der Waals surface area contributed by atoms with E-state index in [1.54, 1.807) is 7.11 Å². The second kappa shape index (κ2) is 10.1. The van der Waals surface area contributed by atoms with Crippen molar-refractivity contribution in [1.29, 1.82) is 0 Å². The third-order valence-electron chi connectivity index (χ3n) is 3.27. The van der Waals surface area contributed by atoms with Crippen molar-refractivity contribution in [2.24, 2.45) is 11.1 Å². The molecule has 0 radical (unpaired) electrons. The van der Waals surface area contributed by atoms with Crippen LogP contribution in [0, 0.1) is 9.12 Å². The van der Waals surface area contributed by atoms with E-state index in [-0.39, 0.29) is 23.9 Å². The van der Waals surface area contributed by atoms with Crippen molar-refractivity contribution in [3.63, 3.8) is 0 Å². The van der Waals surface area contributed by atoms with Crippen LogP contribution in [0.1, 0.15) is 32.8 Å². The van der Waals surface area contributed by atoms with Gasteiger partial charge in [-0.25, -0.2) is 4.98 Å². The Morgan fingerprint density at radius 2 is 2.00 bits per heavy atom. The summed E-state index contributed by atoms with van der Waals surface area (Å²) >= 11 is 8.33. The summed E-state index contributed by atoms with van der Waals surface area (Å²) in [6.45, 7) is 7.62. The summed E-state index contributed by atoms with van der Waals surface area (Å²) < 4.78 is 11.6. The van der Waals surface area contributed by atoms with E-state index in [2.05, 4.69) is 48.3 Å². The molecule has 0 aliphatic rings. The Bertz CT molecular complexity index is 468. The maximum absolute atomic E-state index is 6.26. The van der Waals surface area contributed by atoms with Gasteiger partial charge in [-0.05, 0) is 46.1 Å². The normalized spacial score (nSPS) is 12.7. The van der Waals surface area contributed by atoms with Gasteiger partial charge in [0.2, 0.25) is 0 Å². The molecule has 0 aromatic carbocycles. The third kappa shape index (κ3) is 7.17. The summed E-state index contributed by atoms with van der Waals surface area (Å²) in [5.74, 6) is 0.615. The van der Waals surface area contributed by atoms with Crippen molar-refractivity contribution in [2.75, 3.05) is 20.3 Å². The average molecular weight is 463 g/mol. The lowest BCUT2D eigenvalue weighted by atomic mass is 9.84. The van der Waals surface area contributed by atoms with Crippen molar-refractivity contribution in [2.45, 2.75) is 39.7 Å². The highest BCUT2D eigenvalue weighted by atomic mass is 127. The lowest BCUT2D eigenvalue weighted by molar-refractivity contribution is 0.172. The molecule has 0 aliphatic heterocycles. The van der Waals surface area contributed by atoms with E-state index in [1.165, 1.54) is 0 Å². The van der Waals surface area contributed by atoms with Gasteiger partial charge in [-0.3, -0.25) is 0 Å². The smallest absolute Gasteiger partial charge is 0.172 e. The predicted octanol–water partition coefficient (Wildman–Crippen LogP) is 4.09. The third-order valence-corrected chi connectivity index (χ3v) is 4.48. The van der Waals surface area contributed by atoms with Gasteiger partial charge in [-0.15, -0.1) is 12.4 Å². The van der Waals surface area contributed by atoms with Crippen molar-refractivity contribution < 1.29 is 9.47 Å². The molecule has 1 rings (SSSR count). The molecule has 1 heterocycles. The minimum atomic E-state index is 0. The molecule has 1 atom stereocenters. The van der Waals surface area contributed by atoms with Gasteiger partial charge in [-0.2, -0.15) is 0 Å². The van der Waals surface area contributed by atoms with Crippen LogP contribution in [0.25, 0.3) is 0 Å². The zero-order valence-electron chi connectivity index (χ0n) is 13.5. The highest BCUT2D eigenvalue weighted by Crippen LogP contribution is 2.29. The van der Waals surface area contributed by atoms with Gasteiger partial charge in [0.15, 0.2) is 10.9 Å². The van der Waals surface area contributed by atoms with Crippen LogP contribution in [0.5, 0.6) is 5.75 Å². The Morgan fingerprint density at radius 1 is 1.36 bits per heavy atom. The largest absolute Gasteiger partial charge is 0.490 e. The lowest BCUT2D eigenvalue weighted by Crippen LogP contribution is -2.37. The fourth-order valence-electron chi connectivity index (χ4n) is 1.66. The lowest BCUT2D eigenvalue weighted by Gasteiger charge is -2.27. The standard InChI is InChI=1S/C15H24ClIN2O2.ClH/c1-15(2,3)12(18)9-10-8-11(13(16)19-14(10)17)21-7-5-6-20-4;/h8,12H,5-7,9,18H2,1-4H3;1H/t12-;/m0./s1. The number of methoxy groups -OCH3 is 1. The summed E-state index contributed by atoms with van der Waals surface area (Å²) in [7, 11) is 1.67. The van der Waals surface area contributed by atoms with Gasteiger partial charge in [0.05, 0.1) is 6.61 Å². The molecule has 0 saturated heterocycles. The highest BCUT2D eigenvalue weighted by Gasteiger charge is 2.22. The zero-order valence-corrected chi connectivity index (χ0v) is 17.2. The number of hydrogen-bond acceptors (Lipinski definition) is 4. The minimum absolute atomic E-state index is 0. The number of halogens is 3. The summed E-state index contributed by atoms with van der Waals surface area (Å²) in [4.78, 5) is 4.35. The molecule has 0 bridgehead atoms. The molecule has 128 valence electrons. The molecule has 0 aliphatic carbocycles. The van der Waals surface area contributed by atoms with Crippen LogP contribution in [0.4, 0.5) is 0 Å². The molecule has 1 aromatic heterocycles. The van der Waals surface area contributed by atoms with Crippen LogP contribution in [0.2, 0.25) is 5.15 Å². The van der Waals surface area contributed by atoms with Crippen molar-refractivity contribution in [1.82, 2.24) is 4.98 Å². The number of rotatable bonds is 7. The van der Waals surface area contributed by atoms with Gasteiger partial charge in [0.25, 0.3) is 0 Å². The van der Waals surface area contributed by atoms with E-state index < -0.39 is 0 Å². The molecule has 0 unspecified atom stereocenters. The quantitative estimate of drug-likeness (QED) is 0.376. The maximum atomic E-state index is 6.26. The van der Waals surface area contributed by atoms with E-state index in [0.717, 1.165) is 22.1 Å². The molecule has 0 amide bonds. The number of nitrogens with zero attached hydrogens (tertiary/aromatic N) is 1. The zero-order chi connectivity index (χ0) is 16.0. The molecule has 4 nitrogen and oxygen atoms in total. The SMILES string of the molecule is COCCCOc1cc(C[C@H](N)C(C)(C)C)c(I)nc1Cl.Cl. The summed E-state index contributed by atoms with van der Waals surface area (Å²) in [6.07, 6.45) is 1.57. The van der Waals surface area contributed by atoms with Gasteiger partial charge in [0.1, 0.15) is 3.70 Å². The van der Waals surface area contributed by atoms with E-state index in [4.69, 9.17) is 26.8 Å². The van der Waals surface area contributed by atoms with Crippen molar-refractivity contribution in [3.8, 4) is 5.75 Å². The minimum Gasteiger partial charge on any atom is -0.490 e. The average Bonchev–Trinajstić information content (AvgIpc) is 2.38. The number of nitrogens with two attached hydrogens (primary N) is 1. The Morgan fingerprint density at radius 3 is 2.55 bits per heavy atom. The fraction of sp³-hybridized carbons (Fsp3) is 0.667. The number of hydrogen-bond donors (Lipinski definition) is 1. The van der Waals surface area contributed by atoms with E-state index >= 15 is 0 Å². The molecule has 0 fully saturated rings. The first kappa shape index (κ1) is 22.2. The van der Waals surface area contributed by atoms with E-state index in [0.29, 0.717) is 24.1 Å². The van der Waals surface area contributed by atoms with Crippen molar-refractivity contribution in [3.05, 3.63) is 20.5 Å². The first-order valence-electron chi connectivity index (χ1n) is 6.98. The second-order valence-electron chi connectivity index (χ2n) is 6.10. The number of aromatic nitrogens is 1. The molecule has 0 saturated carbocycles. The van der Waals surface area contributed by atoms with Crippen LogP contribution < -0.4 is 10.5 Å². The topological polar surface area (TPSA) is 57.4 Å². The first-order valence-corrected chi connectivity index (χ1v) is 8.43. The number of pyridine rings is 1. The Kier molecular flexibility index (Phi) is 10.2. The molecule has 7 heteroatoms. The van der Waals surface area contributed by atoms with Gasteiger partial charge in [0, 0.05) is 26.2 Å². The summed E-state index contributed by atoms with van der Waals surface area (Å²) in [5, 5.41) is 0.393. The van der Waals surface area contributed by atoms with Crippen LogP contribution in [-0.4, -0.2) is 31.3 Å². The molecular formula is C15H25Cl2IN2O2. The van der Waals surface area contributed by atoms with Crippen LogP contribution in [-0.2, 0) is 11.2 Å². The highest BCUT2D eigenvalue weighted by molar-refractivity contribution is 14.1. The monoisotopic (exact) mass is 462 g/mol. The van der Waals surface area contributed by atoms with Crippen LogP contribution in [0.15, 0.2) is 6.07 Å². The fourth-order valence-corrected chi connectivity index (χ4v) is 2.62. The Hall–Kier alpha value is 0.180. The summed E-state index contributed by atoms with van der Waals surface area (Å²) in [5.41, 5.74) is 7.38. The van der Waals surface area contributed by atoms with Gasteiger partial charge in [-0.1, -0.05) is 32.4 Å². The summed E-state index contributed by atoms with van der Waals surface area (Å²) in [6, 6.07) is 2.01. The maximum Gasteiger partial charge on any atom is 0.172 e. The Balaban J connectivity index is 0.00000441. The van der Waals surface area contributed by atoms with Gasteiger partial charge < -0.3 is 15.2 Å². The molecule has 2 N–H and O–H groups in total.